The fraction of sp³-hybridized carbons (Fsp3) is 0.280. The molecule has 2 unspecified atom stereocenters. The van der Waals surface area contributed by atoms with Gasteiger partial charge in [0.15, 0.2) is 0 Å². The molecule has 2 aromatic carbocycles. The first kappa shape index (κ1) is 21.2. The lowest BCUT2D eigenvalue weighted by Crippen LogP contribution is -2.39. The van der Waals surface area contributed by atoms with Crippen molar-refractivity contribution in [2.75, 3.05) is 0 Å². The van der Waals surface area contributed by atoms with Gasteiger partial charge in [0, 0.05) is 6.04 Å². The molecule has 2 amide bonds. The Morgan fingerprint density at radius 3 is 2.42 bits per heavy atom. The molecule has 3 aromatic rings. The Morgan fingerprint density at radius 2 is 1.77 bits per heavy atom. The molecule has 1 fully saturated rings. The van der Waals surface area contributed by atoms with E-state index in [9.17, 15) is 9.59 Å². The number of carbonyl (C=O) groups excluding carboxylic acids is 2. The molecule has 6 heteroatoms. The molecular formula is C25H25ClN2O3. The van der Waals surface area contributed by atoms with Crippen LogP contribution in [0.5, 0.6) is 0 Å². The second-order valence-corrected chi connectivity index (χ2v) is 8.25. The van der Waals surface area contributed by atoms with Crippen molar-refractivity contribution in [3.05, 3.63) is 94.9 Å². The zero-order valence-electron chi connectivity index (χ0n) is 17.3. The highest BCUT2D eigenvalue weighted by Gasteiger charge is 2.38. The van der Waals surface area contributed by atoms with Crippen LogP contribution in [0.3, 0.4) is 0 Å². The quantitative estimate of drug-likeness (QED) is 0.503. The summed E-state index contributed by atoms with van der Waals surface area (Å²) in [5.74, 6) is 0.445. The van der Waals surface area contributed by atoms with Gasteiger partial charge in [-0.3, -0.25) is 9.59 Å². The molecule has 1 aromatic heterocycles. The Hall–Kier alpha value is -3.05. The number of amides is 2. The lowest BCUT2D eigenvalue weighted by molar-refractivity contribution is -0.135. The van der Waals surface area contributed by atoms with Crippen molar-refractivity contribution in [2.45, 2.75) is 44.3 Å². The van der Waals surface area contributed by atoms with Crippen LogP contribution in [0.4, 0.5) is 0 Å². The average Bonchev–Trinajstić information content (AvgIpc) is 3.45. The number of benzene rings is 2. The molecule has 1 saturated carbocycles. The summed E-state index contributed by atoms with van der Waals surface area (Å²) >= 11 is 6.21. The standard InChI is InChI=1S/C25H25ClN2O3/c1-17(23-12-7-15-31-23)28(19-13-14-19)24(29)16-22(18-8-3-2-4-9-18)27-25(30)20-10-5-6-11-21(20)26/h2-12,15,17,19,22H,13-14,16H2,1H3,(H,27,30). The van der Waals surface area contributed by atoms with E-state index >= 15 is 0 Å². The number of nitrogens with one attached hydrogen (secondary N) is 1. The minimum atomic E-state index is -0.470. The Labute approximate surface area is 187 Å². The highest BCUT2D eigenvalue weighted by molar-refractivity contribution is 6.33. The van der Waals surface area contributed by atoms with Gasteiger partial charge in [-0.1, -0.05) is 54.1 Å². The second kappa shape index (κ2) is 9.40. The predicted octanol–water partition coefficient (Wildman–Crippen LogP) is 5.55. The maximum Gasteiger partial charge on any atom is 0.253 e. The van der Waals surface area contributed by atoms with Crippen LogP contribution in [0, 0.1) is 0 Å². The van der Waals surface area contributed by atoms with Crippen molar-refractivity contribution in [1.82, 2.24) is 10.2 Å². The van der Waals surface area contributed by atoms with Gasteiger partial charge in [-0.15, -0.1) is 0 Å². The summed E-state index contributed by atoms with van der Waals surface area (Å²) in [5.41, 5.74) is 1.26. The van der Waals surface area contributed by atoms with Crippen LogP contribution >= 0.6 is 11.6 Å². The van der Waals surface area contributed by atoms with Crippen molar-refractivity contribution in [1.29, 1.82) is 0 Å². The summed E-state index contributed by atoms with van der Waals surface area (Å²) in [5, 5.41) is 3.39. The van der Waals surface area contributed by atoms with Gasteiger partial charge >= 0.3 is 0 Å². The van der Waals surface area contributed by atoms with Gasteiger partial charge in [0.05, 0.1) is 35.4 Å². The number of nitrogens with zero attached hydrogens (tertiary/aromatic N) is 1. The van der Waals surface area contributed by atoms with Crippen LogP contribution in [0.2, 0.25) is 5.02 Å². The zero-order chi connectivity index (χ0) is 21.8. The van der Waals surface area contributed by atoms with Crippen LogP contribution in [-0.4, -0.2) is 22.8 Å². The Kier molecular flexibility index (Phi) is 6.42. The number of halogens is 1. The molecule has 0 radical (unpaired) electrons. The number of carbonyl (C=O) groups is 2. The maximum absolute atomic E-state index is 13.4. The third kappa shape index (κ3) is 5.00. The summed E-state index contributed by atoms with van der Waals surface area (Å²) in [6.45, 7) is 1.98. The molecule has 1 aliphatic rings. The van der Waals surface area contributed by atoms with Gasteiger partial charge in [0.2, 0.25) is 5.91 Å². The molecule has 2 atom stereocenters. The van der Waals surface area contributed by atoms with Crippen LogP contribution in [-0.2, 0) is 4.79 Å². The molecule has 0 saturated heterocycles. The SMILES string of the molecule is CC(c1ccco1)N(C(=O)CC(NC(=O)c1ccccc1Cl)c1ccccc1)C1CC1. The Balaban J connectivity index is 1.56. The number of rotatable bonds is 8. The Morgan fingerprint density at radius 1 is 1.06 bits per heavy atom. The first-order valence-electron chi connectivity index (χ1n) is 10.5. The minimum Gasteiger partial charge on any atom is -0.467 e. The minimum absolute atomic E-state index is 0.0142. The van der Waals surface area contributed by atoms with E-state index in [2.05, 4.69) is 5.32 Å². The molecule has 0 bridgehead atoms. The Bertz CT molecular complexity index is 1030. The number of hydrogen-bond donors (Lipinski definition) is 1. The van der Waals surface area contributed by atoms with Crippen LogP contribution in [0.15, 0.2) is 77.4 Å². The first-order chi connectivity index (χ1) is 15.0. The van der Waals surface area contributed by atoms with E-state index in [1.54, 1.807) is 30.5 Å². The molecule has 1 aliphatic carbocycles. The van der Waals surface area contributed by atoms with Crippen molar-refractivity contribution in [2.24, 2.45) is 0 Å². The van der Waals surface area contributed by atoms with E-state index < -0.39 is 6.04 Å². The number of hydrogen-bond acceptors (Lipinski definition) is 3. The number of furan rings is 1. The van der Waals surface area contributed by atoms with E-state index in [1.165, 1.54) is 0 Å². The average molecular weight is 437 g/mol. The molecule has 0 aliphatic heterocycles. The fourth-order valence-electron chi connectivity index (χ4n) is 3.85. The highest BCUT2D eigenvalue weighted by atomic mass is 35.5. The van der Waals surface area contributed by atoms with Crippen LogP contribution < -0.4 is 5.32 Å². The van der Waals surface area contributed by atoms with Gasteiger partial charge in [0.25, 0.3) is 5.91 Å². The third-order valence-corrected chi connectivity index (χ3v) is 5.93. The summed E-state index contributed by atoms with van der Waals surface area (Å²) in [6, 6.07) is 19.8. The van der Waals surface area contributed by atoms with Crippen molar-refractivity contribution >= 4 is 23.4 Å². The van der Waals surface area contributed by atoms with E-state index in [0.29, 0.717) is 10.6 Å². The second-order valence-electron chi connectivity index (χ2n) is 7.84. The maximum atomic E-state index is 13.4. The lowest BCUT2D eigenvalue weighted by atomic mass is 10.0. The van der Waals surface area contributed by atoms with Gasteiger partial charge in [-0.05, 0) is 49.6 Å². The fourth-order valence-corrected chi connectivity index (χ4v) is 4.08. The van der Waals surface area contributed by atoms with Gasteiger partial charge in [0.1, 0.15) is 5.76 Å². The van der Waals surface area contributed by atoms with Crippen LogP contribution in [0.25, 0.3) is 0 Å². The molecule has 160 valence electrons. The van der Waals surface area contributed by atoms with Gasteiger partial charge in [-0.25, -0.2) is 0 Å². The smallest absolute Gasteiger partial charge is 0.253 e. The summed E-state index contributed by atoms with van der Waals surface area (Å²) in [4.78, 5) is 28.3. The summed E-state index contributed by atoms with van der Waals surface area (Å²) in [7, 11) is 0. The van der Waals surface area contributed by atoms with Crippen LogP contribution in [0.1, 0.15) is 60.0 Å². The third-order valence-electron chi connectivity index (χ3n) is 5.60. The topological polar surface area (TPSA) is 62.6 Å². The van der Waals surface area contributed by atoms with Crippen molar-refractivity contribution in [3.8, 4) is 0 Å². The van der Waals surface area contributed by atoms with E-state index in [4.69, 9.17) is 16.0 Å². The summed E-state index contributed by atoms with van der Waals surface area (Å²) < 4.78 is 5.55. The molecule has 1 N–H and O–H groups in total. The molecule has 1 heterocycles. The lowest BCUT2D eigenvalue weighted by Gasteiger charge is -2.30. The predicted molar refractivity (Wildman–Crippen MR) is 120 cm³/mol. The largest absolute Gasteiger partial charge is 0.467 e. The normalized spacial score (nSPS) is 15.2. The molecule has 5 nitrogen and oxygen atoms in total. The van der Waals surface area contributed by atoms with Gasteiger partial charge < -0.3 is 14.6 Å². The van der Waals surface area contributed by atoms with Gasteiger partial charge in [-0.2, -0.15) is 0 Å². The zero-order valence-corrected chi connectivity index (χ0v) is 18.1. The van der Waals surface area contributed by atoms with Crippen molar-refractivity contribution in [3.63, 3.8) is 0 Å². The van der Waals surface area contributed by atoms with E-state index in [-0.39, 0.29) is 30.3 Å². The van der Waals surface area contributed by atoms with E-state index in [1.807, 2.05) is 54.3 Å². The molecular weight excluding hydrogens is 412 g/mol. The highest BCUT2D eigenvalue weighted by Crippen LogP contribution is 2.36. The monoisotopic (exact) mass is 436 g/mol. The first-order valence-corrected chi connectivity index (χ1v) is 10.9. The van der Waals surface area contributed by atoms with E-state index in [0.717, 1.165) is 24.2 Å². The molecule has 31 heavy (non-hydrogen) atoms. The molecule has 4 rings (SSSR count). The van der Waals surface area contributed by atoms with Crippen molar-refractivity contribution < 1.29 is 14.0 Å². The molecule has 0 spiro atoms. The summed E-state index contributed by atoms with van der Waals surface area (Å²) in [6.07, 6.45) is 3.75.